The maximum atomic E-state index is 12.6. The van der Waals surface area contributed by atoms with E-state index in [-0.39, 0.29) is 10.6 Å². The third kappa shape index (κ3) is 6.73. The first-order valence-electron chi connectivity index (χ1n) is 9.15. The van der Waals surface area contributed by atoms with Gasteiger partial charge in [0.25, 0.3) is 10.0 Å². The van der Waals surface area contributed by atoms with E-state index in [1.54, 1.807) is 12.1 Å². The topological polar surface area (TPSA) is 79.5 Å². The zero-order valence-corrected chi connectivity index (χ0v) is 19.5. The fourth-order valence-electron chi connectivity index (χ4n) is 2.64. The highest BCUT2D eigenvalue weighted by Gasteiger charge is 2.15. The molecule has 0 spiro atoms. The summed E-state index contributed by atoms with van der Waals surface area (Å²) in [6.07, 6.45) is 0. The largest absolute Gasteiger partial charge is 0.494 e. The molecule has 0 atom stereocenters. The Morgan fingerprint density at radius 2 is 1.39 bits per heavy atom. The number of hydrogen-bond acceptors (Lipinski definition) is 4. The van der Waals surface area contributed by atoms with Crippen molar-refractivity contribution in [2.24, 2.45) is 0 Å². The standard InChI is InChI=1S/C21H19Cl2N3O3S2/c1-2-29-19-7-3-16(4-8-19)24-21(30)25-17-5-9-20(10-6-17)31(27,28)26-18-12-14(22)11-15(23)13-18/h3-13,26H,2H2,1H3,(H2,24,25,30). The van der Waals surface area contributed by atoms with E-state index >= 15 is 0 Å². The van der Waals surface area contributed by atoms with Gasteiger partial charge in [-0.05, 0) is 85.9 Å². The molecule has 0 bridgehead atoms. The second kappa shape index (κ2) is 10.2. The molecule has 31 heavy (non-hydrogen) atoms. The molecule has 3 N–H and O–H groups in total. The van der Waals surface area contributed by atoms with Gasteiger partial charge in [0.05, 0.1) is 17.2 Å². The first-order valence-corrected chi connectivity index (χ1v) is 11.8. The van der Waals surface area contributed by atoms with E-state index in [9.17, 15) is 8.42 Å². The number of rotatable bonds is 7. The van der Waals surface area contributed by atoms with E-state index in [1.165, 1.54) is 30.3 Å². The number of ether oxygens (including phenoxy) is 1. The van der Waals surface area contributed by atoms with E-state index in [0.29, 0.717) is 27.5 Å². The SMILES string of the molecule is CCOc1ccc(NC(=S)Nc2ccc(S(=O)(=O)Nc3cc(Cl)cc(Cl)c3)cc2)cc1. The van der Waals surface area contributed by atoms with Gasteiger partial charge in [-0.2, -0.15) is 0 Å². The van der Waals surface area contributed by atoms with Gasteiger partial charge in [-0.25, -0.2) is 8.42 Å². The minimum atomic E-state index is -3.80. The minimum Gasteiger partial charge on any atom is -0.494 e. The van der Waals surface area contributed by atoms with Crippen molar-refractivity contribution in [1.29, 1.82) is 0 Å². The van der Waals surface area contributed by atoms with Gasteiger partial charge < -0.3 is 15.4 Å². The monoisotopic (exact) mass is 495 g/mol. The van der Waals surface area contributed by atoms with Crippen LogP contribution in [-0.4, -0.2) is 20.1 Å². The van der Waals surface area contributed by atoms with Gasteiger partial charge in [0.1, 0.15) is 5.75 Å². The summed E-state index contributed by atoms with van der Waals surface area (Å²) in [7, 11) is -3.80. The fraction of sp³-hybridized carbons (Fsp3) is 0.0952. The number of hydrogen-bond donors (Lipinski definition) is 3. The second-order valence-electron chi connectivity index (χ2n) is 6.32. The van der Waals surface area contributed by atoms with Gasteiger partial charge in [0, 0.05) is 21.4 Å². The fourth-order valence-corrected chi connectivity index (χ4v) is 4.44. The number of benzene rings is 3. The van der Waals surface area contributed by atoms with Crippen LogP contribution in [0.1, 0.15) is 6.92 Å². The summed E-state index contributed by atoms with van der Waals surface area (Å²) in [6.45, 7) is 2.52. The van der Waals surface area contributed by atoms with E-state index in [4.69, 9.17) is 40.2 Å². The molecule has 0 aliphatic rings. The number of nitrogens with one attached hydrogen (secondary N) is 3. The Labute approximate surface area is 196 Å². The van der Waals surface area contributed by atoms with Crippen molar-refractivity contribution in [3.05, 3.63) is 76.8 Å². The maximum absolute atomic E-state index is 12.6. The second-order valence-corrected chi connectivity index (χ2v) is 9.29. The zero-order chi connectivity index (χ0) is 22.4. The van der Waals surface area contributed by atoms with Crippen molar-refractivity contribution in [3.63, 3.8) is 0 Å². The third-order valence-corrected chi connectivity index (χ3v) is 6.00. The van der Waals surface area contributed by atoms with Gasteiger partial charge in [0.15, 0.2) is 5.11 Å². The molecule has 3 aromatic carbocycles. The lowest BCUT2D eigenvalue weighted by Gasteiger charge is -2.12. The quantitative estimate of drug-likeness (QED) is 0.348. The van der Waals surface area contributed by atoms with Crippen LogP contribution in [0.3, 0.4) is 0 Å². The van der Waals surface area contributed by atoms with E-state index in [1.807, 2.05) is 31.2 Å². The maximum Gasteiger partial charge on any atom is 0.261 e. The molecule has 0 aromatic heterocycles. The average molecular weight is 496 g/mol. The molecule has 0 heterocycles. The Kier molecular flexibility index (Phi) is 7.61. The van der Waals surface area contributed by atoms with E-state index in [2.05, 4.69) is 15.4 Å². The normalized spacial score (nSPS) is 10.9. The number of anilines is 3. The van der Waals surface area contributed by atoms with Crippen LogP contribution in [0.2, 0.25) is 10.0 Å². The van der Waals surface area contributed by atoms with Crippen molar-refractivity contribution >= 4 is 67.6 Å². The molecular weight excluding hydrogens is 477 g/mol. The number of thiocarbonyl (C=S) groups is 1. The zero-order valence-electron chi connectivity index (χ0n) is 16.4. The molecule has 0 aliphatic carbocycles. The summed E-state index contributed by atoms with van der Waals surface area (Å²) >= 11 is 17.2. The van der Waals surface area contributed by atoms with Crippen molar-refractivity contribution in [2.45, 2.75) is 11.8 Å². The van der Waals surface area contributed by atoms with Crippen LogP contribution in [0, 0.1) is 0 Å². The molecule has 0 saturated carbocycles. The molecule has 0 unspecified atom stereocenters. The predicted octanol–water partition coefficient (Wildman–Crippen LogP) is 6.00. The highest BCUT2D eigenvalue weighted by Crippen LogP contribution is 2.25. The Morgan fingerprint density at radius 1 is 0.871 bits per heavy atom. The molecule has 0 fully saturated rings. The van der Waals surface area contributed by atoms with Crippen molar-refractivity contribution in [3.8, 4) is 5.75 Å². The highest BCUT2D eigenvalue weighted by atomic mass is 35.5. The van der Waals surface area contributed by atoms with Gasteiger partial charge in [0.2, 0.25) is 0 Å². The lowest BCUT2D eigenvalue weighted by Crippen LogP contribution is -2.19. The van der Waals surface area contributed by atoms with Crippen molar-refractivity contribution in [2.75, 3.05) is 22.0 Å². The Bertz CT molecular complexity index is 1150. The van der Waals surface area contributed by atoms with Gasteiger partial charge in [-0.3, -0.25) is 4.72 Å². The Hall–Kier alpha value is -2.52. The molecule has 0 aliphatic heterocycles. The summed E-state index contributed by atoms with van der Waals surface area (Å²) in [4.78, 5) is 0.0829. The first-order chi connectivity index (χ1) is 14.7. The molecule has 3 rings (SSSR count). The molecule has 3 aromatic rings. The van der Waals surface area contributed by atoms with Gasteiger partial charge in [-0.15, -0.1) is 0 Å². The number of sulfonamides is 1. The summed E-state index contributed by atoms with van der Waals surface area (Å²) < 4.78 is 33.1. The third-order valence-electron chi connectivity index (χ3n) is 3.96. The predicted molar refractivity (Wildman–Crippen MR) is 131 cm³/mol. The van der Waals surface area contributed by atoms with Crippen molar-refractivity contribution in [1.82, 2.24) is 0 Å². The molecule has 0 saturated heterocycles. The van der Waals surface area contributed by atoms with Crippen LogP contribution in [-0.2, 0) is 10.0 Å². The molecule has 0 amide bonds. The molecule has 0 radical (unpaired) electrons. The number of halogens is 2. The van der Waals surface area contributed by atoms with Crippen LogP contribution in [0.4, 0.5) is 17.1 Å². The molecule has 6 nitrogen and oxygen atoms in total. The van der Waals surface area contributed by atoms with Crippen LogP contribution in [0.5, 0.6) is 5.75 Å². The average Bonchev–Trinajstić information content (AvgIpc) is 2.69. The van der Waals surface area contributed by atoms with Crippen molar-refractivity contribution < 1.29 is 13.2 Å². The Morgan fingerprint density at radius 3 is 1.90 bits per heavy atom. The van der Waals surface area contributed by atoms with E-state index in [0.717, 1.165) is 11.4 Å². The smallest absolute Gasteiger partial charge is 0.261 e. The van der Waals surface area contributed by atoms with Crippen LogP contribution in [0.25, 0.3) is 0 Å². The summed E-state index contributed by atoms with van der Waals surface area (Å²) in [5, 5.41) is 7.10. The summed E-state index contributed by atoms with van der Waals surface area (Å²) in [6, 6.07) is 18.0. The van der Waals surface area contributed by atoms with E-state index < -0.39 is 10.0 Å². The molecule has 10 heteroatoms. The molecular formula is C21H19Cl2N3O3S2. The first kappa shape index (κ1) is 23.1. The van der Waals surface area contributed by atoms with Gasteiger partial charge >= 0.3 is 0 Å². The van der Waals surface area contributed by atoms with Crippen LogP contribution >= 0.6 is 35.4 Å². The molecule has 162 valence electrons. The van der Waals surface area contributed by atoms with Gasteiger partial charge in [-0.1, -0.05) is 23.2 Å². The lowest BCUT2D eigenvalue weighted by atomic mass is 10.3. The Balaban J connectivity index is 1.63. The lowest BCUT2D eigenvalue weighted by molar-refractivity contribution is 0.340. The summed E-state index contributed by atoms with van der Waals surface area (Å²) in [5.41, 5.74) is 1.71. The van der Waals surface area contributed by atoms with Crippen LogP contribution < -0.4 is 20.1 Å². The highest BCUT2D eigenvalue weighted by molar-refractivity contribution is 7.92. The van der Waals surface area contributed by atoms with Crippen LogP contribution in [0.15, 0.2) is 71.6 Å². The minimum absolute atomic E-state index is 0.0829. The summed E-state index contributed by atoms with van der Waals surface area (Å²) in [5.74, 6) is 0.775.